The van der Waals surface area contributed by atoms with Crippen LogP contribution in [0.2, 0.25) is 0 Å². The molecule has 1 rings (SSSR count). The fourth-order valence-electron chi connectivity index (χ4n) is 0.954. The van der Waals surface area contributed by atoms with Gasteiger partial charge in [-0.25, -0.2) is 0 Å². The molecule has 0 atom stereocenters. The number of rotatable bonds is 3. The number of carbonyl (C=O) groups is 1. The highest BCUT2D eigenvalue weighted by Crippen LogP contribution is 2.25. The Hall–Kier alpha value is -2.02. The first-order valence-corrected chi connectivity index (χ1v) is 3.94. The average molecular weight is 231 g/mol. The summed E-state index contributed by atoms with van der Waals surface area (Å²) in [6.45, 7) is 0. The number of hydrogen-bond acceptors (Lipinski definition) is 5. The van der Waals surface area contributed by atoms with Crippen LogP contribution in [0, 0.1) is 20.2 Å². The van der Waals surface area contributed by atoms with E-state index in [1.807, 2.05) is 0 Å². The summed E-state index contributed by atoms with van der Waals surface area (Å²) in [5.74, 6) is 0. The molecular weight excluding hydrogens is 228 g/mol. The van der Waals surface area contributed by atoms with Gasteiger partial charge in [-0.15, -0.1) is 0 Å². The Morgan fingerprint density at radius 3 is 2.20 bits per heavy atom. The lowest BCUT2D eigenvalue weighted by molar-refractivity contribution is -0.389. The third-order valence-electron chi connectivity index (χ3n) is 1.60. The van der Waals surface area contributed by atoms with Gasteiger partial charge < -0.3 is 0 Å². The normalized spacial score (nSPS) is 9.67. The van der Waals surface area contributed by atoms with E-state index < -0.39 is 32.0 Å². The second-order valence-corrected chi connectivity index (χ2v) is 2.83. The van der Waals surface area contributed by atoms with Crippen molar-refractivity contribution in [3.63, 3.8) is 0 Å². The van der Waals surface area contributed by atoms with E-state index in [2.05, 4.69) is 0 Å². The van der Waals surface area contributed by atoms with Crippen LogP contribution in [0.4, 0.5) is 11.4 Å². The van der Waals surface area contributed by atoms with Gasteiger partial charge in [0.05, 0.1) is 9.85 Å². The van der Waals surface area contributed by atoms with Crippen molar-refractivity contribution in [2.24, 2.45) is 0 Å². The average Bonchev–Trinajstić information content (AvgIpc) is 2.16. The van der Waals surface area contributed by atoms with E-state index >= 15 is 0 Å². The van der Waals surface area contributed by atoms with Crippen LogP contribution < -0.4 is 0 Å². The molecule has 1 aromatic rings. The van der Waals surface area contributed by atoms with Crippen molar-refractivity contribution >= 4 is 28.2 Å². The van der Waals surface area contributed by atoms with Gasteiger partial charge in [-0.1, -0.05) is 0 Å². The maximum Gasteiger partial charge on any atom is 0.282 e. The highest BCUT2D eigenvalue weighted by molar-refractivity contribution is 6.68. The number of hydrogen-bond donors (Lipinski definition) is 0. The van der Waals surface area contributed by atoms with E-state index in [-0.39, 0.29) is 0 Å². The molecule has 8 heteroatoms. The van der Waals surface area contributed by atoms with Crippen LogP contribution in [0.5, 0.6) is 0 Å². The van der Waals surface area contributed by atoms with Gasteiger partial charge in [0, 0.05) is 18.2 Å². The topological polar surface area (TPSA) is 103 Å². The van der Waals surface area contributed by atoms with Crippen LogP contribution >= 0.6 is 11.6 Å². The van der Waals surface area contributed by atoms with Crippen molar-refractivity contribution < 1.29 is 14.6 Å². The first-order valence-electron chi connectivity index (χ1n) is 3.56. The van der Waals surface area contributed by atoms with Crippen molar-refractivity contribution in [2.45, 2.75) is 0 Å². The van der Waals surface area contributed by atoms with Crippen molar-refractivity contribution in [3.05, 3.63) is 44.0 Å². The third-order valence-corrected chi connectivity index (χ3v) is 1.80. The maximum absolute atomic E-state index is 10.8. The molecule has 0 saturated carbocycles. The summed E-state index contributed by atoms with van der Waals surface area (Å²) in [7, 11) is 0. The molecule has 15 heavy (non-hydrogen) atoms. The molecule has 0 spiro atoms. The fourth-order valence-corrected chi connectivity index (χ4v) is 1.11. The summed E-state index contributed by atoms with van der Waals surface area (Å²) in [6.07, 6.45) is 0. The van der Waals surface area contributed by atoms with E-state index in [0.717, 1.165) is 18.2 Å². The minimum absolute atomic E-state index is 0.426. The Morgan fingerprint density at radius 1 is 1.20 bits per heavy atom. The van der Waals surface area contributed by atoms with Crippen molar-refractivity contribution in [1.82, 2.24) is 0 Å². The van der Waals surface area contributed by atoms with Gasteiger partial charge in [0.15, 0.2) is 0 Å². The maximum atomic E-state index is 10.8. The van der Waals surface area contributed by atoms with Gasteiger partial charge in [-0.2, -0.15) is 0 Å². The SMILES string of the molecule is O=C(Cl)c1cc([N+](=O)[O-])ccc1[N+](=O)[O-]. The zero-order valence-corrected chi connectivity index (χ0v) is 7.80. The number of halogens is 1. The molecule has 0 aliphatic rings. The zero-order chi connectivity index (χ0) is 11.6. The highest BCUT2D eigenvalue weighted by Gasteiger charge is 2.22. The molecule has 7 nitrogen and oxygen atoms in total. The molecule has 0 unspecified atom stereocenters. The van der Waals surface area contributed by atoms with Crippen LogP contribution in [0.25, 0.3) is 0 Å². The second kappa shape index (κ2) is 4.01. The number of non-ortho nitro benzene ring substituents is 1. The predicted molar refractivity (Wildman–Crippen MR) is 49.9 cm³/mol. The number of nitrogens with zero attached hydrogens (tertiary/aromatic N) is 2. The highest BCUT2D eigenvalue weighted by atomic mass is 35.5. The lowest BCUT2D eigenvalue weighted by atomic mass is 10.2. The molecule has 0 radical (unpaired) electrons. The van der Waals surface area contributed by atoms with E-state index in [0.29, 0.717) is 0 Å². The van der Waals surface area contributed by atoms with Gasteiger partial charge >= 0.3 is 0 Å². The minimum atomic E-state index is -1.11. The molecule has 0 heterocycles. The number of carbonyl (C=O) groups excluding carboxylic acids is 1. The molecule has 0 saturated heterocycles. The zero-order valence-electron chi connectivity index (χ0n) is 7.05. The van der Waals surface area contributed by atoms with Gasteiger partial charge in [0.25, 0.3) is 16.6 Å². The van der Waals surface area contributed by atoms with Crippen LogP contribution in [-0.4, -0.2) is 15.1 Å². The van der Waals surface area contributed by atoms with Gasteiger partial charge in [0.1, 0.15) is 5.56 Å². The molecule has 0 bridgehead atoms. The Bertz CT molecular complexity index is 459. The Labute approximate surface area is 87.6 Å². The molecule has 0 N–H and O–H groups in total. The molecule has 1 aromatic carbocycles. The molecule has 78 valence electrons. The standard InChI is InChI=1S/C7H3ClN2O5/c8-7(11)5-3-4(9(12)13)1-2-6(5)10(14)15/h1-3H. The molecule has 0 fully saturated rings. The first kappa shape index (κ1) is 11.1. The molecule has 0 aromatic heterocycles. The molecule has 0 amide bonds. The minimum Gasteiger partial charge on any atom is -0.275 e. The summed E-state index contributed by atoms with van der Waals surface area (Å²) >= 11 is 5.06. The molecule has 0 aliphatic heterocycles. The summed E-state index contributed by atoms with van der Waals surface area (Å²) in [4.78, 5) is 29.9. The lowest BCUT2D eigenvalue weighted by Gasteiger charge is -1.97. The van der Waals surface area contributed by atoms with Gasteiger partial charge in [0.2, 0.25) is 0 Å². The third kappa shape index (κ3) is 2.26. The summed E-state index contributed by atoms with van der Waals surface area (Å²) < 4.78 is 0. The van der Waals surface area contributed by atoms with Gasteiger partial charge in [-0.3, -0.25) is 25.0 Å². The summed E-state index contributed by atoms with van der Waals surface area (Å²) in [5.41, 5.74) is -1.47. The van der Waals surface area contributed by atoms with E-state index in [1.54, 1.807) is 0 Å². The monoisotopic (exact) mass is 230 g/mol. The van der Waals surface area contributed by atoms with Crippen molar-refractivity contribution in [1.29, 1.82) is 0 Å². The van der Waals surface area contributed by atoms with E-state index in [9.17, 15) is 25.0 Å². The second-order valence-electron chi connectivity index (χ2n) is 2.49. The number of nitro benzene ring substituents is 2. The predicted octanol–water partition coefficient (Wildman–Crippen LogP) is 1.88. The molecule has 0 aliphatic carbocycles. The smallest absolute Gasteiger partial charge is 0.275 e. The van der Waals surface area contributed by atoms with Crippen LogP contribution in [0.3, 0.4) is 0 Å². The summed E-state index contributed by atoms with van der Waals surface area (Å²) in [6, 6.07) is 2.57. The fraction of sp³-hybridized carbons (Fsp3) is 0. The van der Waals surface area contributed by atoms with E-state index in [1.165, 1.54) is 0 Å². The Kier molecular flexibility index (Phi) is 2.96. The van der Waals surface area contributed by atoms with Crippen LogP contribution in [-0.2, 0) is 0 Å². The number of nitro groups is 2. The van der Waals surface area contributed by atoms with Crippen molar-refractivity contribution in [3.8, 4) is 0 Å². The first-order chi connectivity index (χ1) is 6.93. The quantitative estimate of drug-likeness (QED) is 0.448. The number of benzene rings is 1. The Balaban J connectivity index is 3.40. The largest absolute Gasteiger partial charge is 0.282 e. The summed E-state index contributed by atoms with van der Waals surface area (Å²) in [5, 5.41) is 19.7. The lowest BCUT2D eigenvalue weighted by Crippen LogP contribution is -2.00. The molecular formula is C7H3ClN2O5. The van der Waals surface area contributed by atoms with Crippen LogP contribution in [0.15, 0.2) is 18.2 Å². The van der Waals surface area contributed by atoms with Crippen LogP contribution in [0.1, 0.15) is 10.4 Å². The van der Waals surface area contributed by atoms with E-state index in [4.69, 9.17) is 11.6 Å². The Morgan fingerprint density at radius 2 is 1.80 bits per heavy atom. The van der Waals surface area contributed by atoms with Gasteiger partial charge in [-0.05, 0) is 11.6 Å². The van der Waals surface area contributed by atoms with Crippen molar-refractivity contribution in [2.75, 3.05) is 0 Å².